The molecule has 18 heavy (non-hydrogen) atoms. The third-order valence-electron chi connectivity index (χ3n) is 3.98. The molecule has 0 heterocycles. The van der Waals surface area contributed by atoms with Gasteiger partial charge in [0.1, 0.15) is 0 Å². The van der Waals surface area contributed by atoms with Crippen molar-refractivity contribution < 1.29 is 4.79 Å². The molecule has 1 fully saturated rings. The molecule has 0 aromatic heterocycles. The fraction of sp³-hybridized carbons (Fsp3) is 0.533. The number of benzene rings is 1. The third kappa shape index (κ3) is 2.91. The monoisotopic (exact) mass is 246 g/mol. The highest BCUT2D eigenvalue weighted by molar-refractivity contribution is 5.95. The van der Waals surface area contributed by atoms with Crippen LogP contribution >= 0.6 is 0 Å². The van der Waals surface area contributed by atoms with Crippen molar-refractivity contribution in [2.75, 3.05) is 6.54 Å². The predicted molar refractivity (Wildman–Crippen MR) is 73.6 cm³/mol. The van der Waals surface area contributed by atoms with E-state index in [2.05, 4.69) is 5.32 Å². The van der Waals surface area contributed by atoms with Crippen molar-refractivity contribution in [2.24, 2.45) is 11.7 Å². The van der Waals surface area contributed by atoms with Crippen molar-refractivity contribution in [1.29, 1.82) is 0 Å². The molecule has 2 atom stereocenters. The maximum absolute atomic E-state index is 12.1. The lowest BCUT2D eigenvalue weighted by atomic mass is 10.0. The van der Waals surface area contributed by atoms with E-state index in [9.17, 15) is 4.79 Å². The van der Waals surface area contributed by atoms with Crippen LogP contribution < -0.4 is 11.1 Å². The largest absolute Gasteiger partial charge is 0.352 e. The Morgan fingerprint density at radius 3 is 2.83 bits per heavy atom. The van der Waals surface area contributed by atoms with Gasteiger partial charge < -0.3 is 11.1 Å². The van der Waals surface area contributed by atoms with Crippen LogP contribution in [0.4, 0.5) is 0 Å². The molecule has 1 saturated carbocycles. The fourth-order valence-electron chi connectivity index (χ4n) is 2.63. The van der Waals surface area contributed by atoms with Gasteiger partial charge in [-0.3, -0.25) is 4.79 Å². The van der Waals surface area contributed by atoms with Crippen molar-refractivity contribution in [2.45, 2.75) is 39.2 Å². The SMILES string of the molecule is Cc1cccc(C(=O)NCC2CCC(N)C2)c1C. The van der Waals surface area contributed by atoms with E-state index in [0.717, 1.165) is 42.5 Å². The molecule has 0 aliphatic heterocycles. The number of carbonyl (C=O) groups excluding carboxylic acids is 1. The van der Waals surface area contributed by atoms with Gasteiger partial charge in [0, 0.05) is 18.2 Å². The number of aryl methyl sites for hydroxylation is 1. The first-order valence-electron chi connectivity index (χ1n) is 6.68. The summed E-state index contributed by atoms with van der Waals surface area (Å²) in [6, 6.07) is 6.18. The topological polar surface area (TPSA) is 55.1 Å². The normalized spacial score (nSPS) is 23.1. The summed E-state index contributed by atoms with van der Waals surface area (Å²) in [6.45, 7) is 4.78. The summed E-state index contributed by atoms with van der Waals surface area (Å²) in [6.07, 6.45) is 3.26. The number of nitrogens with two attached hydrogens (primary N) is 1. The summed E-state index contributed by atoms with van der Waals surface area (Å²) in [5.74, 6) is 0.589. The van der Waals surface area contributed by atoms with E-state index in [1.54, 1.807) is 0 Å². The summed E-state index contributed by atoms with van der Waals surface area (Å²) >= 11 is 0. The maximum Gasteiger partial charge on any atom is 0.251 e. The van der Waals surface area contributed by atoms with E-state index < -0.39 is 0 Å². The van der Waals surface area contributed by atoms with Gasteiger partial charge in [-0.1, -0.05) is 12.1 Å². The average molecular weight is 246 g/mol. The molecule has 1 aliphatic rings. The minimum Gasteiger partial charge on any atom is -0.352 e. The van der Waals surface area contributed by atoms with Gasteiger partial charge in [0.05, 0.1) is 0 Å². The first-order valence-corrected chi connectivity index (χ1v) is 6.68. The minimum atomic E-state index is 0.0386. The Bertz CT molecular complexity index is 442. The van der Waals surface area contributed by atoms with Crippen LogP contribution in [0, 0.1) is 19.8 Å². The van der Waals surface area contributed by atoms with E-state index in [0.29, 0.717) is 12.0 Å². The Kier molecular flexibility index (Phi) is 4.02. The Morgan fingerprint density at radius 1 is 1.39 bits per heavy atom. The zero-order valence-corrected chi connectivity index (χ0v) is 11.2. The predicted octanol–water partition coefficient (Wildman–Crippen LogP) is 2.16. The molecule has 98 valence electrons. The van der Waals surface area contributed by atoms with Gasteiger partial charge in [-0.05, 0) is 56.2 Å². The van der Waals surface area contributed by atoms with Crippen LogP contribution in [-0.4, -0.2) is 18.5 Å². The van der Waals surface area contributed by atoms with Crippen molar-refractivity contribution in [3.8, 4) is 0 Å². The minimum absolute atomic E-state index is 0.0386. The molecule has 0 saturated heterocycles. The summed E-state index contributed by atoms with van der Waals surface area (Å²) < 4.78 is 0. The van der Waals surface area contributed by atoms with E-state index >= 15 is 0 Å². The van der Waals surface area contributed by atoms with Gasteiger partial charge in [0.25, 0.3) is 5.91 Å². The van der Waals surface area contributed by atoms with Crippen molar-refractivity contribution in [3.05, 3.63) is 34.9 Å². The second-order valence-corrected chi connectivity index (χ2v) is 5.40. The Morgan fingerprint density at radius 2 is 2.17 bits per heavy atom. The summed E-state index contributed by atoms with van der Waals surface area (Å²) in [4.78, 5) is 12.1. The van der Waals surface area contributed by atoms with Gasteiger partial charge in [-0.2, -0.15) is 0 Å². The summed E-state index contributed by atoms with van der Waals surface area (Å²) in [7, 11) is 0. The highest BCUT2D eigenvalue weighted by atomic mass is 16.1. The summed E-state index contributed by atoms with van der Waals surface area (Å²) in [5.41, 5.74) is 8.89. The Balaban J connectivity index is 1.94. The smallest absolute Gasteiger partial charge is 0.251 e. The molecule has 0 bridgehead atoms. The van der Waals surface area contributed by atoms with Gasteiger partial charge in [-0.15, -0.1) is 0 Å². The first-order chi connectivity index (χ1) is 8.58. The number of hydrogen-bond acceptors (Lipinski definition) is 2. The first kappa shape index (κ1) is 13.1. The molecule has 2 unspecified atom stereocenters. The molecule has 3 N–H and O–H groups in total. The van der Waals surface area contributed by atoms with Crippen molar-refractivity contribution in [1.82, 2.24) is 5.32 Å². The molecule has 2 rings (SSSR count). The standard InChI is InChI=1S/C15H22N2O/c1-10-4-3-5-14(11(10)2)15(18)17-9-12-6-7-13(16)8-12/h3-5,12-13H,6-9,16H2,1-2H3,(H,17,18). The molecular formula is C15H22N2O. The molecule has 0 radical (unpaired) electrons. The molecule has 1 aliphatic carbocycles. The molecule has 0 spiro atoms. The fourth-order valence-corrected chi connectivity index (χ4v) is 2.63. The van der Waals surface area contributed by atoms with Crippen molar-refractivity contribution in [3.63, 3.8) is 0 Å². The van der Waals surface area contributed by atoms with E-state index in [1.165, 1.54) is 0 Å². The van der Waals surface area contributed by atoms with Crippen LogP contribution in [0.3, 0.4) is 0 Å². The van der Waals surface area contributed by atoms with Crippen LogP contribution in [-0.2, 0) is 0 Å². The zero-order valence-electron chi connectivity index (χ0n) is 11.2. The van der Waals surface area contributed by atoms with Gasteiger partial charge in [0.2, 0.25) is 0 Å². The number of hydrogen-bond donors (Lipinski definition) is 2. The number of carbonyl (C=O) groups is 1. The lowest BCUT2D eigenvalue weighted by Gasteiger charge is -2.13. The second-order valence-electron chi connectivity index (χ2n) is 5.40. The van der Waals surface area contributed by atoms with Crippen LogP contribution in [0.2, 0.25) is 0 Å². The molecule has 1 amide bonds. The highest BCUT2D eigenvalue weighted by Crippen LogP contribution is 2.23. The van der Waals surface area contributed by atoms with Crippen LogP contribution in [0.5, 0.6) is 0 Å². The number of rotatable bonds is 3. The van der Waals surface area contributed by atoms with E-state index in [-0.39, 0.29) is 5.91 Å². The maximum atomic E-state index is 12.1. The molecule has 1 aromatic carbocycles. The van der Waals surface area contributed by atoms with Crippen molar-refractivity contribution >= 4 is 5.91 Å². The lowest BCUT2D eigenvalue weighted by Crippen LogP contribution is -2.29. The summed E-state index contributed by atoms with van der Waals surface area (Å²) in [5, 5.41) is 3.04. The van der Waals surface area contributed by atoms with Crippen LogP contribution in [0.25, 0.3) is 0 Å². The lowest BCUT2D eigenvalue weighted by molar-refractivity contribution is 0.0946. The van der Waals surface area contributed by atoms with E-state index in [4.69, 9.17) is 5.73 Å². The Hall–Kier alpha value is -1.35. The highest BCUT2D eigenvalue weighted by Gasteiger charge is 2.22. The van der Waals surface area contributed by atoms with Gasteiger partial charge >= 0.3 is 0 Å². The van der Waals surface area contributed by atoms with E-state index in [1.807, 2.05) is 32.0 Å². The average Bonchev–Trinajstić information content (AvgIpc) is 2.76. The zero-order chi connectivity index (χ0) is 13.1. The number of amides is 1. The van der Waals surface area contributed by atoms with Crippen LogP contribution in [0.15, 0.2) is 18.2 Å². The quantitative estimate of drug-likeness (QED) is 0.858. The third-order valence-corrected chi connectivity index (χ3v) is 3.98. The van der Waals surface area contributed by atoms with Gasteiger partial charge in [0.15, 0.2) is 0 Å². The van der Waals surface area contributed by atoms with Crippen LogP contribution in [0.1, 0.15) is 40.7 Å². The Labute approximate surface area is 109 Å². The number of nitrogens with one attached hydrogen (secondary N) is 1. The second kappa shape index (κ2) is 5.53. The van der Waals surface area contributed by atoms with Gasteiger partial charge in [-0.25, -0.2) is 0 Å². The molecule has 1 aromatic rings. The molecular weight excluding hydrogens is 224 g/mol. The molecule has 3 heteroatoms. The molecule has 3 nitrogen and oxygen atoms in total.